The lowest BCUT2D eigenvalue weighted by molar-refractivity contribution is 0.415. The second kappa shape index (κ2) is 25.6. The third kappa shape index (κ3) is 13.6. The fraction of sp³-hybridized carbons (Fsp3) is 0.197. The number of rotatable bonds is 18. The first-order valence-electron chi connectivity index (χ1n) is 25.6. The van der Waals surface area contributed by atoms with Gasteiger partial charge in [0.1, 0.15) is 29.7 Å². The molecule has 0 amide bonds. The highest BCUT2D eigenvalue weighted by molar-refractivity contribution is 7.93. The van der Waals surface area contributed by atoms with E-state index in [4.69, 9.17) is 21.1 Å². The van der Waals surface area contributed by atoms with E-state index < -0.39 is 30.1 Å². The van der Waals surface area contributed by atoms with Crippen LogP contribution in [-0.4, -0.2) is 70.9 Å². The van der Waals surface area contributed by atoms with Crippen LogP contribution in [0.2, 0.25) is 5.02 Å². The minimum atomic E-state index is -3.35. The van der Waals surface area contributed by atoms with Gasteiger partial charge in [-0.05, 0) is 111 Å². The van der Waals surface area contributed by atoms with Gasteiger partial charge in [0, 0.05) is 86.0 Å². The van der Waals surface area contributed by atoms with Gasteiger partial charge in [0.2, 0.25) is 30.1 Å². The fourth-order valence-electron chi connectivity index (χ4n) is 9.17. The van der Waals surface area contributed by atoms with Crippen molar-refractivity contribution in [3.05, 3.63) is 162 Å². The van der Waals surface area contributed by atoms with Crippen molar-refractivity contribution in [2.45, 2.75) is 40.7 Å². The second-order valence-corrected chi connectivity index (χ2v) is 25.2. The Morgan fingerprint density at radius 3 is 1.29 bits per heavy atom. The van der Waals surface area contributed by atoms with Crippen LogP contribution >= 0.6 is 11.6 Å². The molecule has 0 aliphatic carbocycles. The zero-order valence-electron chi connectivity index (χ0n) is 46.2. The molecule has 0 unspecified atom stereocenters. The Hall–Kier alpha value is -8.97. The first-order valence-corrected chi connectivity index (χ1v) is 31.2. The van der Waals surface area contributed by atoms with Gasteiger partial charge >= 0.3 is 0 Å². The number of nitrogens with one attached hydrogen (secondary N) is 3. The molecule has 0 spiro atoms. The number of halogens is 1. The molecule has 0 saturated heterocycles. The maximum atomic E-state index is 11.8. The van der Waals surface area contributed by atoms with Crippen molar-refractivity contribution in [1.82, 2.24) is 13.7 Å². The number of sulfonamides is 3. The van der Waals surface area contributed by atoms with Gasteiger partial charge in [-0.2, -0.15) is 15.8 Å². The summed E-state index contributed by atoms with van der Waals surface area (Å²) in [4.78, 5) is 0. The summed E-state index contributed by atoms with van der Waals surface area (Å²) in [6, 6.07) is 44.4. The van der Waals surface area contributed by atoms with Crippen LogP contribution in [0.3, 0.4) is 0 Å². The van der Waals surface area contributed by atoms with Gasteiger partial charge in [-0.25, -0.2) is 25.3 Å². The third-order valence-electron chi connectivity index (χ3n) is 13.2. The van der Waals surface area contributed by atoms with Gasteiger partial charge in [-0.15, -0.1) is 0 Å². The highest BCUT2D eigenvalue weighted by Gasteiger charge is 2.22. The van der Waals surface area contributed by atoms with Crippen LogP contribution in [0.1, 0.15) is 50.8 Å². The highest BCUT2D eigenvalue weighted by atomic mass is 35.5. The van der Waals surface area contributed by atoms with Crippen LogP contribution < -0.4 is 23.6 Å². The number of aryl methyl sites for hydroxylation is 1. The molecule has 0 saturated carbocycles. The van der Waals surface area contributed by atoms with E-state index in [1.54, 1.807) is 107 Å². The largest absolute Gasteiger partial charge is 0.497 e. The molecule has 9 rings (SSSR count). The van der Waals surface area contributed by atoms with E-state index in [0.717, 1.165) is 74.3 Å². The smallest absolute Gasteiger partial charge is 0.232 e. The van der Waals surface area contributed by atoms with Gasteiger partial charge in [0.05, 0.1) is 76.8 Å². The molecule has 82 heavy (non-hydrogen) atoms. The van der Waals surface area contributed by atoms with E-state index in [2.05, 4.69) is 63.9 Å². The van der Waals surface area contributed by atoms with E-state index in [1.165, 1.54) is 0 Å². The van der Waals surface area contributed by atoms with Crippen molar-refractivity contribution in [1.29, 1.82) is 15.8 Å². The Morgan fingerprint density at radius 2 is 0.939 bits per heavy atom. The van der Waals surface area contributed by atoms with Gasteiger partial charge in [0.25, 0.3) is 0 Å². The van der Waals surface area contributed by atoms with Crippen molar-refractivity contribution in [3.63, 3.8) is 0 Å². The lowest BCUT2D eigenvalue weighted by Crippen LogP contribution is -2.14. The van der Waals surface area contributed by atoms with E-state index in [9.17, 15) is 41.0 Å². The summed E-state index contributed by atoms with van der Waals surface area (Å²) in [5, 5.41) is 32.3. The zero-order chi connectivity index (χ0) is 59.7. The van der Waals surface area contributed by atoms with Crippen molar-refractivity contribution >= 4 is 104 Å². The molecule has 3 N–H and O–H groups in total. The Balaban J connectivity index is 0.000000177. The number of hydrogen-bond donors (Lipinski definition) is 3. The van der Waals surface area contributed by atoms with Crippen LogP contribution in [0.5, 0.6) is 11.5 Å². The number of methoxy groups -OCH3 is 2. The summed E-state index contributed by atoms with van der Waals surface area (Å²) in [5.74, 6) is 1.89. The maximum absolute atomic E-state index is 11.8. The topological polar surface area (TPSA) is 243 Å². The molecule has 0 atom stereocenters. The van der Waals surface area contributed by atoms with E-state index in [0.29, 0.717) is 67.6 Å². The minimum absolute atomic E-state index is 0.000130. The predicted octanol–water partition coefficient (Wildman–Crippen LogP) is 13.4. The van der Waals surface area contributed by atoms with Crippen molar-refractivity contribution in [2.75, 3.05) is 46.1 Å². The number of nitriles is 3. The third-order valence-corrected chi connectivity index (χ3v) is 16.6. The number of ether oxygens (including phenoxy) is 2. The second-order valence-electron chi connectivity index (χ2n) is 19.0. The van der Waals surface area contributed by atoms with Crippen LogP contribution in [-0.2, 0) is 36.6 Å². The Kier molecular flexibility index (Phi) is 19.0. The lowest BCUT2D eigenvalue weighted by atomic mass is 10.1. The number of hydrogen-bond acceptors (Lipinski definition) is 11. The van der Waals surface area contributed by atoms with Crippen LogP contribution in [0.15, 0.2) is 141 Å². The quantitative estimate of drug-likeness (QED) is 0.0729. The van der Waals surface area contributed by atoms with E-state index in [-0.39, 0.29) is 11.5 Å². The van der Waals surface area contributed by atoms with Gasteiger partial charge < -0.3 is 23.2 Å². The molecule has 0 aliphatic rings. The molecule has 0 bridgehead atoms. The minimum Gasteiger partial charge on any atom is -0.497 e. The number of aromatic nitrogens is 3. The molecule has 422 valence electrons. The summed E-state index contributed by atoms with van der Waals surface area (Å²) in [6.07, 6.45) is 5.35. The molecular formula is C61H60ClN9O8S3. The highest BCUT2D eigenvalue weighted by Crippen LogP contribution is 2.39. The van der Waals surface area contributed by atoms with Gasteiger partial charge in [-0.3, -0.25) is 14.2 Å². The van der Waals surface area contributed by atoms with Crippen LogP contribution in [0, 0.1) is 39.9 Å². The molecule has 17 nitrogen and oxygen atoms in total. The van der Waals surface area contributed by atoms with Gasteiger partial charge in [0.15, 0.2) is 0 Å². The molecule has 0 fully saturated rings. The summed E-state index contributed by atoms with van der Waals surface area (Å²) in [7, 11) is -6.85. The van der Waals surface area contributed by atoms with Crippen LogP contribution in [0.4, 0.5) is 17.1 Å². The Labute approximate surface area is 483 Å². The molecule has 3 aromatic heterocycles. The number of anilines is 3. The molecule has 3 heterocycles. The predicted molar refractivity (Wildman–Crippen MR) is 331 cm³/mol. The Morgan fingerprint density at radius 1 is 0.549 bits per heavy atom. The van der Waals surface area contributed by atoms with E-state index in [1.807, 2.05) is 69.8 Å². The SMILES string of the molecule is C=Cn1c(-c2ccc(NS(=O)(=O)CC)cc2)c(C#N)c2ccc(OC)cc21.C=Cn1c(-c2ccc(NS(C)(=O)=O)cc2)c(C#N)c2ccc(OC)cc21.CCS(=O)(=O)Nc1ccc(-c2c(C#N)c3cc(Cl)ccc3n2CCC(C)C)cc1. The average Bonchev–Trinajstić information content (AvgIpc) is 3.61. The number of benzene rings is 6. The standard InChI is InChI=1S/C22H24ClN3O2S.C20H19N3O3S.C19H17N3O3S/c1-4-29(27,28)25-18-8-5-16(6-9-18)22-20(14-24)19-13-17(23)7-10-21(19)26(22)12-11-15(2)3;1-4-23-19-12-16(26-3)10-11-17(19)18(13-21)20(23)14-6-8-15(9-7-14)22-27(24,25)5-2;1-4-22-18-11-15(25-2)9-10-16(18)17(12-20)19(22)13-5-7-14(8-6-13)21-26(3,23)24/h5-10,13,15,25H,4,11-12H2,1-3H3;4,6-12,22H,1,5H2,2-3H3;4-11,21H,1H2,2-3H3. The number of fused-ring (bicyclic) bond motifs is 3. The van der Waals surface area contributed by atoms with Crippen molar-refractivity contribution < 1.29 is 34.7 Å². The summed E-state index contributed by atoms with van der Waals surface area (Å²) >= 11 is 6.19. The summed E-state index contributed by atoms with van der Waals surface area (Å²) < 4.78 is 93.6. The average molecular weight is 1180 g/mol. The Bertz CT molecular complexity index is 4360. The van der Waals surface area contributed by atoms with E-state index >= 15 is 0 Å². The fourth-order valence-corrected chi connectivity index (χ4v) is 11.2. The summed E-state index contributed by atoms with van der Waals surface area (Å²) in [6.45, 7) is 16.0. The maximum Gasteiger partial charge on any atom is 0.232 e. The molecular weight excluding hydrogens is 1120 g/mol. The first-order chi connectivity index (χ1) is 39.1. The van der Waals surface area contributed by atoms with Gasteiger partial charge in [-0.1, -0.05) is 75.0 Å². The first kappa shape index (κ1) is 60.7. The van der Waals surface area contributed by atoms with Crippen LogP contribution in [0.25, 0.3) is 78.9 Å². The van der Waals surface area contributed by atoms with Crippen molar-refractivity contribution in [2.24, 2.45) is 5.92 Å². The summed E-state index contributed by atoms with van der Waals surface area (Å²) in [5.41, 5.74) is 10.3. The lowest BCUT2D eigenvalue weighted by Gasteiger charge is -2.14. The zero-order valence-corrected chi connectivity index (χ0v) is 49.4. The molecule has 21 heteroatoms. The molecule has 0 aliphatic heterocycles. The normalized spacial score (nSPS) is 11.3. The number of nitrogens with zero attached hydrogens (tertiary/aromatic N) is 6. The molecule has 0 radical (unpaired) electrons. The molecule has 6 aromatic carbocycles. The van der Waals surface area contributed by atoms with Crippen molar-refractivity contribution in [3.8, 4) is 63.5 Å². The monoisotopic (exact) mass is 1180 g/mol. The molecule has 9 aromatic rings.